The van der Waals surface area contributed by atoms with E-state index < -0.39 is 11.5 Å². The standard InChI is InChI=1S/C19H21NO5/c20-16-3-1-10-5-11(7-21)14(8-22)15(9-23)19(10)12-2-4-17(24)18(25)6-13(12)16/h2,4-6,16,21-23H,1,3,7-9,20H2,(H,24,25). The number of hydrogen-bond donors (Lipinski definition) is 5. The van der Waals surface area contributed by atoms with Gasteiger partial charge in [0.2, 0.25) is 5.43 Å². The van der Waals surface area contributed by atoms with Crippen LogP contribution in [0.5, 0.6) is 5.75 Å². The van der Waals surface area contributed by atoms with E-state index >= 15 is 0 Å². The molecule has 6 heteroatoms. The van der Waals surface area contributed by atoms with Crippen molar-refractivity contribution in [1.82, 2.24) is 0 Å². The number of aromatic hydroxyl groups is 1. The van der Waals surface area contributed by atoms with Crippen LogP contribution in [-0.4, -0.2) is 20.4 Å². The van der Waals surface area contributed by atoms with Gasteiger partial charge in [-0.3, -0.25) is 4.79 Å². The maximum absolute atomic E-state index is 12.0. The summed E-state index contributed by atoms with van der Waals surface area (Å²) in [6, 6.07) is 5.69. The Morgan fingerprint density at radius 3 is 2.40 bits per heavy atom. The molecule has 6 nitrogen and oxygen atoms in total. The molecular formula is C19H21NO5. The first kappa shape index (κ1) is 17.6. The Labute approximate surface area is 144 Å². The SMILES string of the molecule is NC1CCc2cc(CO)c(CO)c(CO)c2-c2ccc(O)c(=O)cc21. The minimum absolute atomic E-state index is 0.247. The van der Waals surface area contributed by atoms with E-state index in [1.165, 1.54) is 12.1 Å². The summed E-state index contributed by atoms with van der Waals surface area (Å²) in [6.45, 7) is -0.893. The van der Waals surface area contributed by atoms with Gasteiger partial charge in [-0.1, -0.05) is 12.1 Å². The fourth-order valence-corrected chi connectivity index (χ4v) is 3.59. The summed E-state index contributed by atoms with van der Waals surface area (Å²) >= 11 is 0. The highest BCUT2D eigenvalue weighted by atomic mass is 16.3. The maximum Gasteiger partial charge on any atom is 0.220 e. The first-order valence-corrected chi connectivity index (χ1v) is 8.14. The molecule has 0 aliphatic heterocycles. The summed E-state index contributed by atoms with van der Waals surface area (Å²) in [7, 11) is 0. The number of nitrogens with two attached hydrogens (primary N) is 1. The minimum atomic E-state index is -0.514. The van der Waals surface area contributed by atoms with Crippen molar-refractivity contribution in [2.45, 2.75) is 38.7 Å². The fraction of sp³-hybridized carbons (Fsp3) is 0.316. The van der Waals surface area contributed by atoms with Crippen LogP contribution in [0.2, 0.25) is 0 Å². The molecule has 132 valence electrons. The number of benzene rings is 1. The molecule has 1 aliphatic carbocycles. The van der Waals surface area contributed by atoms with Crippen LogP contribution in [0.3, 0.4) is 0 Å². The number of aliphatic hydroxyl groups excluding tert-OH is 3. The maximum atomic E-state index is 12.0. The average molecular weight is 343 g/mol. The third-order valence-corrected chi connectivity index (χ3v) is 4.86. The van der Waals surface area contributed by atoms with Crippen molar-refractivity contribution < 1.29 is 20.4 Å². The summed E-state index contributed by atoms with van der Waals surface area (Å²) in [4.78, 5) is 12.0. The molecule has 25 heavy (non-hydrogen) atoms. The van der Waals surface area contributed by atoms with Gasteiger partial charge in [0, 0.05) is 6.04 Å². The molecule has 1 atom stereocenters. The van der Waals surface area contributed by atoms with E-state index in [0.29, 0.717) is 46.2 Å². The molecule has 0 bridgehead atoms. The molecule has 3 rings (SSSR count). The molecule has 0 amide bonds. The van der Waals surface area contributed by atoms with Crippen LogP contribution in [0, 0.1) is 0 Å². The van der Waals surface area contributed by atoms with Crippen molar-refractivity contribution in [2.24, 2.45) is 5.73 Å². The van der Waals surface area contributed by atoms with E-state index in [1.54, 1.807) is 6.07 Å². The topological polar surface area (TPSA) is 124 Å². The zero-order valence-corrected chi connectivity index (χ0v) is 13.7. The lowest BCUT2D eigenvalue weighted by atomic mass is 9.87. The van der Waals surface area contributed by atoms with Crippen LogP contribution in [0.1, 0.15) is 40.3 Å². The van der Waals surface area contributed by atoms with E-state index in [4.69, 9.17) is 5.73 Å². The first-order valence-electron chi connectivity index (χ1n) is 8.14. The van der Waals surface area contributed by atoms with Gasteiger partial charge in [-0.05, 0) is 63.9 Å². The van der Waals surface area contributed by atoms with Gasteiger partial charge in [-0.25, -0.2) is 0 Å². The van der Waals surface area contributed by atoms with Gasteiger partial charge < -0.3 is 26.2 Å². The smallest absolute Gasteiger partial charge is 0.220 e. The highest BCUT2D eigenvalue weighted by Crippen LogP contribution is 2.40. The van der Waals surface area contributed by atoms with Gasteiger partial charge >= 0.3 is 0 Å². The van der Waals surface area contributed by atoms with Crippen molar-refractivity contribution in [1.29, 1.82) is 0 Å². The third kappa shape index (κ3) is 2.94. The zero-order chi connectivity index (χ0) is 18.1. The van der Waals surface area contributed by atoms with E-state index in [9.17, 15) is 25.2 Å². The lowest BCUT2D eigenvalue weighted by molar-refractivity contribution is 0.248. The monoisotopic (exact) mass is 343 g/mol. The number of fused-ring (bicyclic) bond motifs is 3. The van der Waals surface area contributed by atoms with Crippen LogP contribution in [-0.2, 0) is 26.2 Å². The highest BCUT2D eigenvalue weighted by molar-refractivity contribution is 5.77. The van der Waals surface area contributed by atoms with Gasteiger partial charge in [0.25, 0.3) is 0 Å². The lowest BCUT2D eigenvalue weighted by Crippen LogP contribution is -2.11. The Morgan fingerprint density at radius 2 is 1.76 bits per heavy atom. The molecule has 0 spiro atoms. The van der Waals surface area contributed by atoms with Crippen molar-refractivity contribution in [3.63, 3.8) is 0 Å². The summed E-state index contributed by atoms with van der Waals surface area (Å²) in [5.74, 6) is -0.373. The summed E-state index contributed by atoms with van der Waals surface area (Å²) in [5.41, 5.74) is 10.1. The van der Waals surface area contributed by atoms with E-state index in [0.717, 1.165) is 5.56 Å². The Balaban J connectivity index is 2.45. The van der Waals surface area contributed by atoms with Gasteiger partial charge in [0.05, 0.1) is 19.8 Å². The summed E-state index contributed by atoms with van der Waals surface area (Å²) in [5, 5.41) is 39.1. The number of aryl methyl sites for hydroxylation is 1. The Bertz CT molecular complexity index is 879. The largest absolute Gasteiger partial charge is 0.504 e. The van der Waals surface area contributed by atoms with Gasteiger partial charge in [-0.15, -0.1) is 0 Å². The van der Waals surface area contributed by atoms with Crippen molar-refractivity contribution >= 4 is 0 Å². The number of hydrogen-bond acceptors (Lipinski definition) is 6. The third-order valence-electron chi connectivity index (χ3n) is 4.86. The predicted octanol–water partition coefficient (Wildman–Crippen LogP) is 0.842. The van der Waals surface area contributed by atoms with Gasteiger partial charge in [-0.2, -0.15) is 0 Å². The van der Waals surface area contributed by atoms with E-state index in [1.807, 2.05) is 6.07 Å². The van der Waals surface area contributed by atoms with E-state index in [-0.39, 0.29) is 25.6 Å². The van der Waals surface area contributed by atoms with Crippen molar-refractivity contribution in [2.75, 3.05) is 0 Å². The molecule has 2 aromatic rings. The van der Waals surface area contributed by atoms with Crippen molar-refractivity contribution in [3.8, 4) is 16.9 Å². The molecule has 0 aromatic heterocycles. The van der Waals surface area contributed by atoms with Gasteiger partial charge in [0.1, 0.15) is 0 Å². The lowest BCUT2D eigenvalue weighted by Gasteiger charge is -2.19. The second-order valence-electron chi connectivity index (χ2n) is 6.24. The first-order chi connectivity index (χ1) is 12.0. The predicted molar refractivity (Wildman–Crippen MR) is 92.8 cm³/mol. The number of aliphatic hydroxyl groups is 3. The molecule has 1 unspecified atom stereocenters. The Morgan fingerprint density at radius 1 is 1.04 bits per heavy atom. The molecule has 1 aliphatic rings. The molecule has 0 fully saturated rings. The van der Waals surface area contributed by atoms with E-state index in [2.05, 4.69) is 0 Å². The van der Waals surface area contributed by atoms with Gasteiger partial charge in [0.15, 0.2) is 5.75 Å². The van der Waals surface area contributed by atoms with Crippen LogP contribution >= 0.6 is 0 Å². The number of rotatable bonds is 3. The second-order valence-corrected chi connectivity index (χ2v) is 6.24. The molecular weight excluding hydrogens is 322 g/mol. The molecule has 0 saturated heterocycles. The Hall–Kier alpha value is -2.25. The molecule has 0 saturated carbocycles. The summed E-state index contributed by atoms with van der Waals surface area (Å²) in [6.07, 6.45) is 1.19. The van der Waals surface area contributed by atoms with Crippen LogP contribution in [0.25, 0.3) is 11.1 Å². The molecule has 6 N–H and O–H groups in total. The average Bonchev–Trinajstić information content (AvgIpc) is 2.84. The van der Waals surface area contributed by atoms with Crippen LogP contribution in [0.4, 0.5) is 0 Å². The Kier molecular flexibility index (Phi) is 4.87. The normalized spacial score (nSPS) is 16.1. The molecule has 0 radical (unpaired) electrons. The fourth-order valence-electron chi connectivity index (χ4n) is 3.59. The summed E-state index contributed by atoms with van der Waals surface area (Å²) < 4.78 is 0. The molecule has 2 aromatic carbocycles. The zero-order valence-electron chi connectivity index (χ0n) is 13.7. The quantitative estimate of drug-likeness (QED) is 0.563. The van der Waals surface area contributed by atoms with Crippen LogP contribution < -0.4 is 11.2 Å². The molecule has 0 heterocycles. The van der Waals surface area contributed by atoms with Crippen molar-refractivity contribution in [3.05, 3.63) is 62.3 Å². The highest BCUT2D eigenvalue weighted by Gasteiger charge is 2.25. The van der Waals surface area contributed by atoms with Crippen LogP contribution in [0.15, 0.2) is 29.1 Å². The second kappa shape index (κ2) is 6.93. The minimum Gasteiger partial charge on any atom is -0.504 e.